The average molecular weight is 440 g/mol. The van der Waals surface area contributed by atoms with Crippen LogP contribution in [0.2, 0.25) is 10.1 Å². The number of Topliss-reactive ketones (excluding diaryl/α,β-unsaturated/α-hetero) is 1. The predicted molar refractivity (Wildman–Crippen MR) is 122 cm³/mol. The Bertz CT molecular complexity index is 475. The van der Waals surface area contributed by atoms with Crippen LogP contribution in [0.4, 0.5) is 0 Å². The fourth-order valence-corrected chi connectivity index (χ4v) is 8.14. The van der Waals surface area contributed by atoms with E-state index < -0.39 is 0 Å². The van der Waals surface area contributed by atoms with Gasteiger partial charge >= 0.3 is 176 Å². The average Bonchev–Trinajstić information content (AvgIpc) is 2.58. The summed E-state index contributed by atoms with van der Waals surface area (Å²) in [7, 11) is 0. The van der Waals surface area contributed by atoms with Gasteiger partial charge in [-0.15, -0.1) is 0 Å². The Kier molecular flexibility index (Phi) is 12.6. The second kappa shape index (κ2) is 13.8. The van der Waals surface area contributed by atoms with Gasteiger partial charge in [-0.2, -0.15) is 0 Å². The van der Waals surface area contributed by atoms with Crippen LogP contribution in [0, 0.1) is 11.3 Å². The summed E-state index contributed by atoms with van der Waals surface area (Å²) in [6.07, 6.45) is 21.6. The SMILES string of the molecule is CCCCCCCCCCCC[Se]C(CC(C)=O)C1C(C)=CC=CC1(C)C. The van der Waals surface area contributed by atoms with Crippen LogP contribution in [0.1, 0.15) is 105 Å². The summed E-state index contributed by atoms with van der Waals surface area (Å²) in [6, 6.07) is 0. The Balaban J connectivity index is 2.29. The van der Waals surface area contributed by atoms with E-state index >= 15 is 0 Å². The van der Waals surface area contributed by atoms with Crippen LogP contribution in [0.25, 0.3) is 0 Å². The van der Waals surface area contributed by atoms with E-state index in [1.54, 1.807) is 6.92 Å². The molecule has 0 aliphatic heterocycles. The molecule has 0 amide bonds. The van der Waals surface area contributed by atoms with E-state index in [0.29, 0.717) is 31.5 Å². The third-order valence-electron chi connectivity index (χ3n) is 5.87. The van der Waals surface area contributed by atoms with Crippen LogP contribution in [-0.4, -0.2) is 20.7 Å². The molecule has 0 aromatic carbocycles. The summed E-state index contributed by atoms with van der Waals surface area (Å²) in [5, 5.41) is 1.34. The van der Waals surface area contributed by atoms with Crippen LogP contribution in [0.3, 0.4) is 0 Å². The minimum absolute atomic E-state index is 0.179. The fourth-order valence-electron chi connectivity index (χ4n) is 4.39. The van der Waals surface area contributed by atoms with E-state index in [0.717, 1.165) is 6.42 Å². The van der Waals surface area contributed by atoms with E-state index in [-0.39, 0.29) is 5.41 Å². The summed E-state index contributed by atoms with van der Waals surface area (Å²) in [6.45, 7) is 11.0. The quantitative estimate of drug-likeness (QED) is 0.187. The molecule has 0 aromatic heterocycles. The van der Waals surface area contributed by atoms with E-state index in [9.17, 15) is 4.79 Å². The maximum absolute atomic E-state index is 11.9. The summed E-state index contributed by atoms with van der Waals surface area (Å²) < 4.78 is 0. The Morgan fingerprint density at radius 1 is 1.04 bits per heavy atom. The molecule has 0 saturated carbocycles. The molecule has 1 aliphatic carbocycles. The second-order valence-corrected chi connectivity index (χ2v) is 11.9. The molecule has 0 aromatic rings. The van der Waals surface area contributed by atoms with Gasteiger partial charge in [0.05, 0.1) is 0 Å². The van der Waals surface area contributed by atoms with Gasteiger partial charge in [-0.1, -0.05) is 0 Å². The van der Waals surface area contributed by atoms with Crippen molar-refractivity contribution in [2.45, 2.75) is 115 Å². The number of rotatable bonds is 15. The summed E-state index contributed by atoms with van der Waals surface area (Å²) in [4.78, 5) is 12.4. The van der Waals surface area contributed by atoms with Crippen molar-refractivity contribution in [3.05, 3.63) is 23.8 Å². The van der Waals surface area contributed by atoms with Crippen molar-refractivity contribution in [3.8, 4) is 0 Å². The van der Waals surface area contributed by atoms with Gasteiger partial charge in [-0.05, 0) is 0 Å². The van der Waals surface area contributed by atoms with Crippen molar-refractivity contribution in [1.29, 1.82) is 0 Å². The van der Waals surface area contributed by atoms with Crippen LogP contribution in [0.15, 0.2) is 23.8 Å². The topological polar surface area (TPSA) is 17.1 Å². The number of ketones is 1. The van der Waals surface area contributed by atoms with E-state index in [1.807, 2.05) is 0 Å². The van der Waals surface area contributed by atoms with Crippen LogP contribution >= 0.6 is 0 Å². The first kappa shape index (κ1) is 24.7. The molecule has 1 rings (SSSR count). The summed E-state index contributed by atoms with van der Waals surface area (Å²) in [5.74, 6) is 0.901. The molecule has 27 heavy (non-hydrogen) atoms. The number of allylic oxidation sites excluding steroid dienone is 4. The van der Waals surface area contributed by atoms with Gasteiger partial charge in [0, 0.05) is 0 Å². The molecule has 156 valence electrons. The monoisotopic (exact) mass is 440 g/mol. The molecule has 2 heteroatoms. The molecule has 0 radical (unpaired) electrons. The molecule has 0 heterocycles. The van der Waals surface area contributed by atoms with Crippen LogP contribution in [-0.2, 0) is 4.79 Å². The molecule has 0 saturated heterocycles. The fraction of sp³-hybridized carbons (Fsp3) is 0.800. The Morgan fingerprint density at radius 3 is 2.11 bits per heavy atom. The van der Waals surface area contributed by atoms with Gasteiger partial charge in [0.15, 0.2) is 0 Å². The van der Waals surface area contributed by atoms with E-state index in [2.05, 4.69) is 45.9 Å². The number of unbranched alkanes of at least 4 members (excludes halogenated alkanes) is 9. The zero-order valence-electron chi connectivity index (χ0n) is 18.7. The van der Waals surface area contributed by atoms with Crippen molar-refractivity contribution < 1.29 is 4.79 Å². The van der Waals surface area contributed by atoms with Crippen molar-refractivity contribution in [2.75, 3.05) is 0 Å². The number of carbonyl (C=O) groups excluding carboxylic acids is 1. The molecule has 0 fully saturated rings. The van der Waals surface area contributed by atoms with E-state index in [4.69, 9.17) is 0 Å². The maximum atomic E-state index is 11.9. The van der Waals surface area contributed by atoms with Gasteiger partial charge in [-0.3, -0.25) is 0 Å². The van der Waals surface area contributed by atoms with Crippen molar-refractivity contribution in [2.24, 2.45) is 11.3 Å². The predicted octanol–water partition coefficient (Wildman–Crippen LogP) is 7.96. The van der Waals surface area contributed by atoms with Gasteiger partial charge in [0.1, 0.15) is 0 Å². The Morgan fingerprint density at radius 2 is 1.59 bits per heavy atom. The molecule has 1 nitrogen and oxygen atoms in total. The first-order chi connectivity index (χ1) is 12.9. The zero-order valence-corrected chi connectivity index (χ0v) is 20.4. The summed E-state index contributed by atoms with van der Waals surface area (Å²) in [5.41, 5.74) is 1.65. The zero-order chi connectivity index (χ0) is 20.1. The molecular weight excluding hydrogens is 395 g/mol. The number of hydrogen-bond acceptors (Lipinski definition) is 1. The Labute approximate surface area is 176 Å². The molecule has 2 atom stereocenters. The molecule has 1 aliphatic rings. The van der Waals surface area contributed by atoms with Gasteiger partial charge in [0.2, 0.25) is 0 Å². The number of hydrogen-bond donors (Lipinski definition) is 0. The van der Waals surface area contributed by atoms with Crippen molar-refractivity contribution >= 4 is 20.7 Å². The first-order valence-corrected chi connectivity index (χ1v) is 13.6. The molecule has 0 N–H and O–H groups in total. The van der Waals surface area contributed by atoms with Crippen LogP contribution in [0.5, 0.6) is 0 Å². The Hall–Kier alpha value is -0.331. The summed E-state index contributed by atoms with van der Waals surface area (Å²) >= 11 is 0.564. The standard InChI is InChI=1S/C25H44OSe/c1-6-7-8-9-10-11-12-13-14-15-19-27-23(20-22(3)26)24-21(2)17-16-18-25(24,4)5/h16-18,23-24H,6-15,19-20H2,1-5H3. The normalized spacial score (nSPS) is 19.7. The van der Waals surface area contributed by atoms with Crippen molar-refractivity contribution in [1.82, 2.24) is 0 Å². The number of carbonyl (C=O) groups is 1. The molecule has 0 spiro atoms. The third kappa shape index (κ3) is 10.1. The first-order valence-electron chi connectivity index (χ1n) is 11.4. The molecule has 2 unspecified atom stereocenters. The van der Waals surface area contributed by atoms with Crippen LogP contribution < -0.4 is 0 Å². The van der Waals surface area contributed by atoms with Gasteiger partial charge in [0.25, 0.3) is 0 Å². The molecule has 0 bridgehead atoms. The van der Waals surface area contributed by atoms with Gasteiger partial charge < -0.3 is 0 Å². The van der Waals surface area contributed by atoms with E-state index in [1.165, 1.54) is 75.1 Å². The van der Waals surface area contributed by atoms with Gasteiger partial charge in [-0.25, -0.2) is 0 Å². The minimum atomic E-state index is 0.179. The third-order valence-corrected chi connectivity index (χ3v) is 8.79. The second-order valence-electron chi connectivity index (χ2n) is 9.07. The van der Waals surface area contributed by atoms with Crippen molar-refractivity contribution in [3.63, 3.8) is 0 Å². The molecular formula is C25H44OSe.